The Morgan fingerprint density at radius 1 is 0.915 bits per heavy atom. The minimum absolute atomic E-state index is 0.0206. The standard InChI is InChI=1S/C34H39F3N2O6SSi/c1-23-8-17-29(18-9-23)46(41,42)44-22-28(45-47(6,7)33(2,3)4)21-43-27-16-12-25-13-19-30(38-31(25)20-27)24-10-14-26(15-11-24)39(5)32(40)34(35,36)37/h8-20,28H,21-22H2,1-7H3. The summed E-state index contributed by atoms with van der Waals surface area (Å²) in [5.41, 5.74) is 2.84. The molecular weight excluding hydrogens is 650 g/mol. The van der Waals surface area contributed by atoms with Crippen LogP contribution in [0.25, 0.3) is 22.2 Å². The van der Waals surface area contributed by atoms with Crippen molar-refractivity contribution in [1.82, 2.24) is 4.98 Å². The van der Waals surface area contributed by atoms with Crippen molar-refractivity contribution in [2.75, 3.05) is 25.2 Å². The van der Waals surface area contributed by atoms with Crippen LogP contribution in [0.5, 0.6) is 5.75 Å². The van der Waals surface area contributed by atoms with Gasteiger partial charge in [0.05, 0.1) is 22.7 Å². The summed E-state index contributed by atoms with van der Waals surface area (Å²) in [6.45, 7) is 12.0. The first-order chi connectivity index (χ1) is 21.8. The molecule has 8 nitrogen and oxygen atoms in total. The van der Waals surface area contributed by atoms with Crippen LogP contribution in [0, 0.1) is 6.92 Å². The Hall–Kier alpha value is -3.78. The summed E-state index contributed by atoms with van der Waals surface area (Å²) < 4.78 is 82.5. The Bertz CT molecular complexity index is 1820. The van der Waals surface area contributed by atoms with Crippen LogP contribution in [0.2, 0.25) is 18.1 Å². The van der Waals surface area contributed by atoms with Crippen LogP contribution in [0.1, 0.15) is 26.3 Å². The molecule has 0 aliphatic rings. The highest BCUT2D eigenvalue weighted by Crippen LogP contribution is 2.37. The molecule has 1 aromatic heterocycles. The maximum Gasteiger partial charge on any atom is 0.471 e. The van der Waals surface area contributed by atoms with Crippen molar-refractivity contribution in [3.63, 3.8) is 0 Å². The third-order valence-corrected chi connectivity index (χ3v) is 14.0. The first kappa shape index (κ1) is 36.1. The third kappa shape index (κ3) is 8.98. The van der Waals surface area contributed by atoms with Gasteiger partial charge in [-0.2, -0.15) is 21.6 Å². The van der Waals surface area contributed by atoms with Gasteiger partial charge in [0, 0.05) is 29.8 Å². The molecule has 1 amide bonds. The van der Waals surface area contributed by atoms with Gasteiger partial charge in [-0.1, -0.05) is 56.7 Å². The molecule has 4 aromatic rings. The van der Waals surface area contributed by atoms with E-state index in [0.717, 1.165) is 18.0 Å². The number of hydrogen-bond acceptors (Lipinski definition) is 7. The summed E-state index contributed by atoms with van der Waals surface area (Å²) in [4.78, 5) is 16.9. The molecule has 0 aliphatic heterocycles. The number of benzene rings is 3. The van der Waals surface area contributed by atoms with E-state index in [1.807, 2.05) is 19.1 Å². The Morgan fingerprint density at radius 3 is 2.13 bits per heavy atom. The van der Waals surface area contributed by atoms with Crippen LogP contribution in [0.15, 0.2) is 83.8 Å². The van der Waals surface area contributed by atoms with Gasteiger partial charge in [0.25, 0.3) is 10.1 Å². The van der Waals surface area contributed by atoms with E-state index >= 15 is 0 Å². The second-order valence-corrected chi connectivity index (χ2v) is 19.2. The molecule has 0 N–H and O–H groups in total. The molecule has 0 spiro atoms. The zero-order valence-corrected chi connectivity index (χ0v) is 29.2. The van der Waals surface area contributed by atoms with Gasteiger partial charge in [-0.25, -0.2) is 4.98 Å². The highest BCUT2D eigenvalue weighted by atomic mass is 32.2. The van der Waals surface area contributed by atoms with Crippen molar-refractivity contribution < 1.29 is 39.7 Å². The molecule has 1 unspecified atom stereocenters. The molecule has 0 aliphatic carbocycles. The molecule has 1 atom stereocenters. The number of rotatable bonds is 11. The van der Waals surface area contributed by atoms with Crippen LogP contribution >= 0.6 is 0 Å². The van der Waals surface area contributed by atoms with E-state index in [4.69, 9.17) is 18.3 Å². The largest absolute Gasteiger partial charge is 0.491 e. The number of fused-ring (bicyclic) bond motifs is 1. The molecular formula is C34H39F3N2O6SSi. The first-order valence-electron chi connectivity index (χ1n) is 14.9. The van der Waals surface area contributed by atoms with Gasteiger partial charge in [0.15, 0.2) is 8.32 Å². The number of carbonyl (C=O) groups excluding carboxylic acids is 1. The van der Waals surface area contributed by atoms with E-state index in [1.54, 1.807) is 42.5 Å². The van der Waals surface area contributed by atoms with Crippen molar-refractivity contribution in [2.45, 2.75) is 63.0 Å². The fraction of sp³-hybridized carbons (Fsp3) is 0.353. The SMILES string of the molecule is Cc1ccc(S(=O)(=O)OCC(COc2ccc3ccc(-c4ccc(N(C)C(=O)C(F)(F)F)cc4)nc3c2)O[Si](C)(C)C(C)(C)C)cc1. The number of pyridine rings is 1. The van der Waals surface area contributed by atoms with Crippen LogP contribution < -0.4 is 9.64 Å². The summed E-state index contributed by atoms with van der Waals surface area (Å²) in [7, 11) is -5.31. The van der Waals surface area contributed by atoms with Gasteiger partial charge in [-0.05, 0) is 67.5 Å². The smallest absolute Gasteiger partial charge is 0.471 e. The third-order valence-electron chi connectivity index (χ3n) is 8.18. The average Bonchev–Trinajstić information content (AvgIpc) is 3.00. The van der Waals surface area contributed by atoms with Gasteiger partial charge in [0.1, 0.15) is 18.5 Å². The molecule has 252 valence electrons. The number of anilines is 1. The number of amides is 1. The van der Waals surface area contributed by atoms with Crippen molar-refractivity contribution in [2.24, 2.45) is 0 Å². The Kier molecular flexibility index (Phi) is 10.6. The summed E-state index contributed by atoms with van der Waals surface area (Å²) in [5.74, 6) is -1.48. The van der Waals surface area contributed by atoms with Gasteiger partial charge < -0.3 is 14.1 Å². The van der Waals surface area contributed by atoms with Crippen molar-refractivity contribution >= 4 is 40.9 Å². The van der Waals surface area contributed by atoms with E-state index in [0.29, 0.717) is 27.4 Å². The predicted molar refractivity (Wildman–Crippen MR) is 179 cm³/mol. The molecule has 13 heteroatoms. The molecule has 0 saturated heterocycles. The highest BCUT2D eigenvalue weighted by molar-refractivity contribution is 7.86. The Balaban J connectivity index is 1.52. The molecule has 0 radical (unpaired) electrons. The average molecular weight is 689 g/mol. The fourth-order valence-corrected chi connectivity index (χ4v) is 6.61. The minimum Gasteiger partial charge on any atom is -0.491 e. The highest BCUT2D eigenvalue weighted by Gasteiger charge is 2.42. The van der Waals surface area contributed by atoms with Gasteiger partial charge in [-0.3, -0.25) is 8.98 Å². The minimum atomic E-state index is -4.98. The topological polar surface area (TPSA) is 95.0 Å². The summed E-state index contributed by atoms with van der Waals surface area (Å²) in [6.07, 6.45) is -5.66. The predicted octanol–water partition coefficient (Wildman–Crippen LogP) is 7.91. The lowest BCUT2D eigenvalue weighted by molar-refractivity contribution is -0.170. The molecule has 3 aromatic carbocycles. The van der Waals surface area contributed by atoms with Crippen LogP contribution in [-0.2, 0) is 23.5 Å². The number of nitrogens with zero attached hydrogens (tertiary/aromatic N) is 2. The Labute approximate surface area is 274 Å². The zero-order valence-electron chi connectivity index (χ0n) is 27.4. The van der Waals surface area contributed by atoms with Crippen LogP contribution in [0.3, 0.4) is 0 Å². The van der Waals surface area contributed by atoms with E-state index in [-0.39, 0.29) is 28.8 Å². The molecule has 4 rings (SSSR count). The Morgan fingerprint density at radius 2 is 1.53 bits per heavy atom. The monoisotopic (exact) mass is 688 g/mol. The molecule has 0 bridgehead atoms. The van der Waals surface area contributed by atoms with Crippen molar-refractivity contribution in [3.8, 4) is 17.0 Å². The zero-order chi connectivity index (χ0) is 34.8. The quantitative estimate of drug-likeness (QED) is 0.117. The van der Waals surface area contributed by atoms with E-state index in [9.17, 15) is 26.4 Å². The van der Waals surface area contributed by atoms with Gasteiger partial charge >= 0.3 is 12.1 Å². The van der Waals surface area contributed by atoms with Crippen LogP contribution in [-0.4, -0.2) is 60.2 Å². The number of ether oxygens (including phenoxy) is 1. The van der Waals surface area contributed by atoms with Crippen molar-refractivity contribution in [3.05, 3.63) is 84.4 Å². The number of aromatic nitrogens is 1. The molecule has 47 heavy (non-hydrogen) atoms. The van der Waals surface area contributed by atoms with E-state index in [2.05, 4.69) is 33.9 Å². The van der Waals surface area contributed by atoms with E-state index < -0.39 is 36.6 Å². The van der Waals surface area contributed by atoms with Crippen molar-refractivity contribution in [1.29, 1.82) is 0 Å². The summed E-state index contributed by atoms with van der Waals surface area (Å²) >= 11 is 0. The summed E-state index contributed by atoms with van der Waals surface area (Å²) in [5, 5.41) is 0.682. The molecule has 0 fully saturated rings. The lowest BCUT2D eigenvalue weighted by Gasteiger charge is -2.39. The molecule has 1 heterocycles. The number of carbonyl (C=O) groups is 1. The second-order valence-electron chi connectivity index (χ2n) is 12.8. The lowest BCUT2D eigenvalue weighted by atomic mass is 10.1. The van der Waals surface area contributed by atoms with Crippen LogP contribution in [0.4, 0.5) is 18.9 Å². The van der Waals surface area contributed by atoms with Gasteiger partial charge in [0.2, 0.25) is 0 Å². The summed E-state index contributed by atoms with van der Waals surface area (Å²) in [6, 6.07) is 21.5. The van der Waals surface area contributed by atoms with E-state index in [1.165, 1.54) is 24.3 Å². The number of halogens is 3. The maximum atomic E-state index is 12.9. The molecule has 0 saturated carbocycles. The maximum absolute atomic E-state index is 12.9. The second kappa shape index (κ2) is 13.8. The number of hydrogen-bond donors (Lipinski definition) is 0. The lowest BCUT2D eigenvalue weighted by Crippen LogP contribution is -2.46. The first-order valence-corrected chi connectivity index (χ1v) is 19.2. The fourth-order valence-electron chi connectivity index (χ4n) is 4.35. The normalized spacial score (nSPS) is 13.4. The van der Waals surface area contributed by atoms with Gasteiger partial charge in [-0.15, -0.1) is 0 Å². The number of aryl methyl sites for hydroxylation is 1. The number of alkyl halides is 3.